The molecule has 1 atom stereocenters. The van der Waals surface area contributed by atoms with Gasteiger partial charge in [0.2, 0.25) is 10.4 Å². The molecule has 0 aliphatic rings. The van der Waals surface area contributed by atoms with Crippen molar-refractivity contribution in [1.29, 1.82) is 0 Å². The van der Waals surface area contributed by atoms with Crippen LogP contribution in [0.5, 0.6) is 0 Å². The van der Waals surface area contributed by atoms with Gasteiger partial charge < -0.3 is 4.55 Å². The van der Waals surface area contributed by atoms with E-state index in [9.17, 15) is 21.8 Å². The first-order chi connectivity index (χ1) is 4.81. The van der Waals surface area contributed by atoms with E-state index in [1.54, 1.807) is 0 Å². The Kier molecular flexibility index (Phi) is 7.21. The summed E-state index contributed by atoms with van der Waals surface area (Å²) in [6, 6.07) is 0. The standard InChI is InChI=1S/C3H6F2O5S.Li/c1-2(9-3(4)5)10-11(6,7)8;/h2-3H,1H3,(H,6,7,8);/q;+1/p-1. The van der Waals surface area contributed by atoms with Gasteiger partial charge in [0.05, 0.1) is 0 Å². The second kappa shape index (κ2) is 5.85. The van der Waals surface area contributed by atoms with E-state index in [-0.39, 0.29) is 18.9 Å². The first kappa shape index (κ1) is 14.8. The van der Waals surface area contributed by atoms with Crippen molar-refractivity contribution in [2.45, 2.75) is 19.8 Å². The molecule has 0 aliphatic heterocycles. The largest absolute Gasteiger partial charge is 1.00 e. The van der Waals surface area contributed by atoms with Crippen LogP contribution in [0.3, 0.4) is 0 Å². The van der Waals surface area contributed by atoms with Gasteiger partial charge in [-0.1, -0.05) is 0 Å². The SMILES string of the molecule is CC(OC(F)F)OS(=O)(=O)[O-].[Li+]. The Morgan fingerprint density at radius 2 is 1.83 bits per heavy atom. The van der Waals surface area contributed by atoms with E-state index in [1.165, 1.54) is 0 Å². The molecule has 0 spiro atoms. The normalized spacial score (nSPS) is 14.1. The number of ether oxygens (including phenoxy) is 1. The predicted octanol–water partition coefficient (Wildman–Crippen LogP) is -2.95. The fraction of sp³-hybridized carbons (Fsp3) is 1.00. The van der Waals surface area contributed by atoms with Crippen molar-refractivity contribution in [2.24, 2.45) is 0 Å². The van der Waals surface area contributed by atoms with Crippen LogP contribution in [0.2, 0.25) is 0 Å². The Balaban J connectivity index is 0. The summed E-state index contributed by atoms with van der Waals surface area (Å²) in [6.07, 6.45) is -1.77. The number of alkyl halides is 2. The summed E-state index contributed by atoms with van der Waals surface area (Å²) >= 11 is 0. The number of hydrogen-bond donors (Lipinski definition) is 0. The van der Waals surface area contributed by atoms with E-state index in [2.05, 4.69) is 8.92 Å². The number of halogens is 2. The molecular formula is C3H5F2LiO5S. The first-order valence-corrected chi connectivity index (χ1v) is 3.72. The monoisotopic (exact) mass is 198 g/mol. The molecule has 0 radical (unpaired) electrons. The quantitative estimate of drug-likeness (QED) is 0.209. The molecule has 5 nitrogen and oxygen atoms in total. The predicted molar refractivity (Wildman–Crippen MR) is 27.3 cm³/mol. The molecule has 0 aromatic heterocycles. The zero-order valence-electron chi connectivity index (χ0n) is 6.36. The second-order valence-electron chi connectivity index (χ2n) is 1.47. The Hall–Kier alpha value is 0.287. The summed E-state index contributed by atoms with van der Waals surface area (Å²) in [5.74, 6) is 0. The molecule has 12 heavy (non-hydrogen) atoms. The molecule has 0 bridgehead atoms. The fourth-order valence-electron chi connectivity index (χ4n) is 0.334. The molecule has 1 unspecified atom stereocenters. The molecule has 0 saturated carbocycles. The van der Waals surface area contributed by atoms with Gasteiger partial charge in [0, 0.05) is 0 Å². The molecule has 0 N–H and O–H groups in total. The maximum absolute atomic E-state index is 11.3. The van der Waals surface area contributed by atoms with Crippen molar-refractivity contribution < 1.29 is 49.5 Å². The van der Waals surface area contributed by atoms with Crippen LogP contribution < -0.4 is 18.9 Å². The van der Waals surface area contributed by atoms with Gasteiger partial charge in [-0.2, -0.15) is 8.78 Å². The minimum atomic E-state index is -4.98. The van der Waals surface area contributed by atoms with E-state index in [0.717, 1.165) is 6.92 Å². The van der Waals surface area contributed by atoms with Crippen LogP contribution in [0, 0.1) is 0 Å². The van der Waals surface area contributed by atoms with Gasteiger partial charge in [0.15, 0.2) is 6.29 Å². The first-order valence-electron chi connectivity index (χ1n) is 2.39. The third-order valence-electron chi connectivity index (χ3n) is 0.548. The summed E-state index contributed by atoms with van der Waals surface area (Å²) in [6.45, 7) is -2.31. The van der Waals surface area contributed by atoms with Crippen molar-refractivity contribution in [1.82, 2.24) is 0 Å². The Morgan fingerprint density at radius 1 is 1.42 bits per heavy atom. The molecular weight excluding hydrogens is 193 g/mol. The molecule has 0 heterocycles. The summed E-state index contributed by atoms with van der Waals surface area (Å²) in [5, 5.41) is 0. The molecule has 0 aromatic carbocycles. The maximum atomic E-state index is 11.3. The minimum absolute atomic E-state index is 0. The Labute approximate surface area is 80.2 Å². The van der Waals surface area contributed by atoms with Crippen LogP contribution in [0.25, 0.3) is 0 Å². The van der Waals surface area contributed by atoms with Gasteiger partial charge in [0.25, 0.3) is 0 Å². The molecule has 0 saturated heterocycles. The van der Waals surface area contributed by atoms with E-state index < -0.39 is 23.3 Å². The van der Waals surface area contributed by atoms with Crippen molar-refractivity contribution in [3.05, 3.63) is 0 Å². The summed E-state index contributed by atoms with van der Waals surface area (Å²) < 4.78 is 58.6. The number of hydrogen-bond acceptors (Lipinski definition) is 5. The zero-order valence-corrected chi connectivity index (χ0v) is 7.18. The molecule has 9 heteroatoms. The smallest absolute Gasteiger partial charge is 0.725 e. The topological polar surface area (TPSA) is 75.7 Å². The van der Waals surface area contributed by atoms with Gasteiger partial charge in [0.1, 0.15) is 0 Å². The fourth-order valence-corrected chi connectivity index (χ4v) is 0.711. The molecule has 0 aliphatic carbocycles. The second-order valence-corrected chi connectivity index (χ2v) is 2.48. The van der Waals surface area contributed by atoms with Crippen molar-refractivity contribution in [3.8, 4) is 0 Å². The Bertz CT molecular complexity index is 205. The summed E-state index contributed by atoms with van der Waals surface area (Å²) in [5.41, 5.74) is 0. The van der Waals surface area contributed by atoms with E-state index in [4.69, 9.17) is 0 Å². The van der Waals surface area contributed by atoms with Crippen LogP contribution >= 0.6 is 0 Å². The van der Waals surface area contributed by atoms with Crippen LogP contribution in [-0.2, 0) is 19.3 Å². The van der Waals surface area contributed by atoms with Crippen LogP contribution in [0.1, 0.15) is 6.92 Å². The average Bonchev–Trinajstić information content (AvgIpc) is 1.53. The van der Waals surface area contributed by atoms with Gasteiger partial charge >= 0.3 is 25.5 Å². The zero-order chi connectivity index (χ0) is 9.07. The van der Waals surface area contributed by atoms with Crippen LogP contribution in [0.4, 0.5) is 8.78 Å². The third-order valence-corrected chi connectivity index (χ3v) is 1.05. The Morgan fingerprint density at radius 3 is 2.08 bits per heavy atom. The van der Waals surface area contributed by atoms with Gasteiger partial charge in [-0.15, -0.1) is 0 Å². The molecule has 68 valence electrons. The van der Waals surface area contributed by atoms with Gasteiger partial charge in [-0.25, -0.2) is 12.6 Å². The molecule has 0 rings (SSSR count). The third kappa shape index (κ3) is 10.3. The van der Waals surface area contributed by atoms with Crippen molar-refractivity contribution in [2.75, 3.05) is 0 Å². The molecule has 0 amide bonds. The van der Waals surface area contributed by atoms with E-state index >= 15 is 0 Å². The van der Waals surface area contributed by atoms with Gasteiger partial charge in [-0.05, 0) is 6.92 Å². The van der Waals surface area contributed by atoms with Crippen LogP contribution in [0.15, 0.2) is 0 Å². The van der Waals surface area contributed by atoms with Gasteiger partial charge in [-0.3, -0.25) is 4.74 Å². The summed E-state index contributed by atoms with van der Waals surface area (Å²) in [7, 11) is -4.98. The number of rotatable bonds is 4. The molecule has 0 fully saturated rings. The minimum Gasteiger partial charge on any atom is -0.725 e. The summed E-state index contributed by atoms with van der Waals surface area (Å²) in [4.78, 5) is 0. The maximum Gasteiger partial charge on any atom is 1.00 e. The van der Waals surface area contributed by atoms with E-state index in [1.807, 2.05) is 0 Å². The molecule has 0 aromatic rings. The van der Waals surface area contributed by atoms with Crippen molar-refractivity contribution in [3.63, 3.8) is 0 Å². The van der Waals surface area contributed by atoms with Crippen LogP contribution in [-0.4, -0.2) is 25.9 Å². The van der Waals surface area contributed by atoms with E-state index in [0.29, 0.717) is 0 Å². The average molecular weight is 198 g/mol. The van der Waals surface area contributed by atoms with Crippen molar-refractivity contribution >= 4 is 10.4 Å².